The number of hydrogen-bond donors (Lipinski definition) is 3. The molecule has 0 spiro atoms. The van der Waals surface area contributed by atoms with Gasteiger partial charge < -0.3 is 29.5 Å². The number of aliphatic hydroxyl groups is 3. The maximum Gasteiger partial charge on any atom is 0.184 e. The normalized spacial score (nSPS) is 54.0. The minimum Gasteiger partial charge on any atom is -0.387 e. The van der Waals surface area contributed by atoms with E-state index in [1.807, 2.05) is 0 Å². The van der Waals surface area contributed by atoms with Gasteiger partial charge in [0.15, 0.2) is 12.6 Å². The second-order valence-electron chi connectivity index (χ2n) is 3.55. The highest BCUT2D eigenvalue weighted by molar-refractivity contribution is 4.91. The lowest BCUT2D eigenvalue weighted by Crippen LogP contribution is -2.62. The summed E-state index contributed by atoms with van der Waals surface area (Å²) in [5.41, 5.74) is 0. The summed E-state index contributed by atoms with van der Waals surface area (Å²) in [5, 5.41) is 28.1. The molecule has 3 N–H and O–H groups in total. The van der Waals surface area contributed by atoms with Crippen LogP contribution in [0.1, 0.15) is 6.92 Å². The van der Waals surface area contributed by atoms with Crippen LogP contribution in [-0.4, -0.2) is 58.9 Å². The minimum absolute atomic E-state index is 0.243. The van der Waals surface area contributed by atoms with E-state index >= 15 is 0 Å². The van der Waals surface area contributed by atoms with Crippen LogP contribution in [0.2, 0.25) is 0 Å². The highest BCUT2D eigenvalue weighted by Crippen LogP contribution is 2.27. The molecule has 0 aromatic carbocycles. The van der Waals surface area contributed by atoms with E-state index in [0.717, 1.165) is 0 Å². The van der Waals surface area contributed by atoms with Crippen LogP contribution in [0.4, 0.5) is 0 Å². The van der Waals surface area contributed by atoms with Crippen molar-refractivity contribution in [2.45, 2.75) is 43.9 Å². The van der Waals surface area contributed by atoms with Crippen molar-refractivity contribution < 1.29 is 29.5 Å². The Labute approximate surface area is 81.0 Å². The monoisotopic (exact) mass is 206 g/mol. The van der Waals surface area contributed by atoms with Gasteiger partial charge in [-0.3, -0.25) is 0 Å². The van der Waals surface area contributed by atoms with Gasteiger partial charge in [0.2, 0.25) is 0 Å². The Hall–Kier alpha value is -0.240. The van der Waals surface area contributed by atoms with Crippen molar-refractivity contribution in [2.75, 3.05) is 6.61 Å². The standard InChI is InChI=1S/C8H14O6/c1-3-12-2-4-7(13-3)5(9)6(10)8(11)14-4/h3-11H,2H2,1H3/t3-,4-,5-,6-,7-,8-/m1/s1. The Kier molecular flexibility index (Phi) is 2.74. The predicted octanol–water partition coefficient (Wildman–Crippen LogP) is -1.81. The van der Waals surface area contributed by atoms with E-state index in [4.69, 9.17) is 14.2 Å². The van der Waals surface area contributed by atoms with E-state index in [0.29, 0.717) is 0 Å². The van der Waals surface area contributed by atoms with Crippen molar-refractivity contribution in [3.8, 4) is 0 Å². The SMILES string of the molecule is C[C@@H]1OC[C@H]2O[C@@H](O)[C@H](O)[C@@H](O)[C@@H]2O1. The van der Waals surface area contributed by atoms with E-state index in [1.54, 1.807) is 6.92 Å². The van der Waals surface area contributed by atoms with Crippen LogP contribution < -0.4 is 0 Å². The van der Waals surface area contributed by atoms with E-state index in [-0.39, 0.29) is 6.61 Å². The number of hydrogen-bond acceptors (Lipinski definition) is 6. The first-order chi connectivity index (χ1) is 6.59. The Balaban J connectivity index is 2.08. The lowest BCUT2D eigenvalue weighted by atomic mass is 9.98. The van der Waals surface area contributed by atoms with Crippen LogP contribution in [0.25, 0.3) is 0 Å². The van der Waals surface area contributed by atoms with Gasteiger partial charge in [-0.25, -0.2) is 0 Å². The Bertz CT molecular complexity index is 208. The van der Waals surface area contributed by atoms with Gasteiger partial charge in [0.1, 0.15) is 24.4 Å². The lowest BCUT2D eigenvalue weighted by molar-refractivity contribution is -0.348. The Morgan fingerprint density at radius 2 is 1.79 bits per heavy atom. The lowest BCUT2D eigenvalue weighted by Gasteiger charge is -2.44. The van der Waals surface area contributed by atoms with Crippen LogP contribution in [0, 0.1) is 0 Å². The zero-order chi connectivity index (χ0) is 10.3. The second kappa shape index (κ2) is 3.73. The van der Waals surface area contributed by atoms with Crippen molar-refractivity contribution in [1.82, 2.24) is 0 Å². The fourth-order valence-electron chi connectivity index (χ4n) is 1.71. The molecular formula is C8H14O6. The summed E-state index contributed by atoms with van der Waals surface area (Å²) < 4.78 is 15.4. The maximum atomic E-state index is 9.59. The van der Waals surface area contributed by atoms with Gasteiger partial charge in [-0.15, -0.1) is 0 Å². The van der Waals surface area contributed by atoms with Crippen LogP contribution in [0.5, 0.6) is 0 Å². The first-order valence-corrected chi connectivity index (χ1v) is 4.56. The van der Waals surface area contributed by atoms with Crippen molar-refractivity contribution in [2.24, 2.45) is 0 Å². The topological polar surface area (TPSA) is 88.4 Å². The molecule has 14 heavy (non-hydrogen) atoms. The molecule has 0 radical (unpaired) electrons. The molecule has 0 bridgehead atoms. The molecule has 2 rings (SSSR count). The summed E-state index contributed by atoms with van der Waals surface area (Å²) in [6.07, 6.45) is -5.46. The van der Waals surface area contributed by atoms with Crippen LogP contribution in [0.3, 0.4) is 0 Å². The molecule has 2 fully saturated rings. The zero-order valence-electron chi connectivity index (χ0n) is 7.74. The largest absolute Gasteiger partial charge is 0.387 e. The average molecular weight is 206 g/mol. The molecular weight excluding hydrogens is 192 g/mol. The van der Waals surface area contributed by atoms with Gasteiger partial charge in [0, 0.05) is 0 Å². The Morgan fingerprint density at radius 1 is 1.07 bits per heavy atom. The third-order valence-electron chi connectivity index (χ3n) is 2.50. The average Bonchev–Trinajstić information content (AvgIpc) is 2.16. The predicted molar refractivity (Wildman–Crippen MR) is 43.2 cm³/mol. The van der Waals surface area contributed by atoms with Gasteiger partial charge in [-0.1, -0.05) is 0 Å². The third kappa shape index (κ3) is 1.65. The van der Waals surface area contributed by atoms with Gasteiger partial charge >= 0.3 is 0 Å². The van der Waals surface area contributed by atoms with E-state index < -0.39 is 37.0 Å². The molecule has 0 aromatic heterocycles. The second-order valence-corrected chi connectivity index (χ2v) is 3.55. The van der Waals surface area contributed by atoms with Crippen molar-refractivity contribution in [3.63, 3.8) is 0 Å². The fraction of sp³-hybridized carbons (Fsp3) is 1.00. The molecule has 0 aromatic rings. The van der Waals surface area contributed by atoms with Crippen LogP contribution in [0.15, 0.2) is 0 Å². The maximum absolute atomic E-state index is 9.59. The highest BCUT2D eigenvalue weighted by atomic mass is 16.7. The molecule has 0 unspecified atom stereocenters. The number of rotatable bonds is 0. The van der Waals surface area contributed by atoms with Crippen molar-refractivity contribution in [1.29, 1.82) is 0 Å². The number of ether oxygens (including phenoxy) is 3. The molecule has 2 aliphatic rings. The van der Waals surface area contributed by atoms with Gasteiger partial charge in [-0.05, 0) is 6.92 Å². The summed E-state index contributed by atoms with van der Waals surface area (Å²) in [6, 6.07) is 0. The molecule has 0 saturated carbocycles. The summed E-state index contributed by atoms with van der Waals surface area (Å²) in [5.74, 6) is 0. The summed E-state index contributed by atoms with van der Waals surface area (Å²) >= 11 is 0. The zero-order valence-corrected chi connectivity index (χ0v) is 7.74. The molecule has 82 valence electrons. The summed E-state index contributed by atoms with van der Waals surface area (Å²) in [7, 11) is 0. The molecule has 2 heterocycles. The van der Waals surface area contributed by atoms with E-state index in [1.165, 1.54) is 0 Å². The molecule has 6 nitrogen and oxygen atoms in total. The van der Waals surface area contributed by atoms with Crippen molar-refractivity contribution in [3.05, 3.63) is 0 Å². The summed E-state index contributed by atoms with van der Waals surface area (Å²) in [6.45, 7) is 1.94. The molecule has 0 aliphatic carbocycles. The first-order valence-electron chi connectivity index (χ1n) is 4.56. The molecule has 0 amide bonds. The van der Waals surface area contributed by atoms with Crippen molar-refractivity contribution >= 4 is 0 Å². The Morgan fingerprint density at radius 3 is 2.50 bits per heavy atom. The highest BCUT2D eigenvalue weighted by Gasteiger charge is 2.47. The van der Waals surface area contributed by atoms with Gasteiger partial charge in [0.25, 0.3) is 0 Å². The fourth-order valence-corrected chi connectivity index (χ4v) is 1.71. The number of fused-ring (bicyclic) bond motifs is 1. The molecule has 6 heteroatoms. The molecule has 2 aliphatic heterocycles. The third-order valence-corrected chi connectivity index (χ3v) is 2.50. The van der Waals surface area contributed by atoms with Gasteiger partial charge in [-0.2, -0.15) is 0 Å². The minimum atomic E-state index is -1.38. The van der Waals surface area contributed by atoms with E-state index in [9.17, 15) is 15.3 Å². The van der Waals surface area contributed by atoms with Crippen LogP contribution in [-0.2, 0) is 14.2 Å². The van der Waals surface area contributed by atoms with E-state index in [2.05, 4.69) is 0 Å². The molecule has 6 atom stereocenters. The molecule has 2 saturated heterocycles. The van der Waals surface area contributed by atoms with Gasteiger partial charge in [0.05, 0.1) is 6.61 Å². The first kappa shape index (κ1) is 10.3. The van der Waals surface area contributed by atoms with Crippen LogP contribution >= 0.6 is 0 Å². The quantitative estimate of drug-likeness (QED) is 0.433. The smallest absolute Gasteiger partial charge is 0.184 e. The summed E-state index contributed by atoms with van der Waals surface area (Å²) in [4.78, 5) is 0. The number of aliphatic hydroxyl groups excluding tert-OH is 3.